The van der Waals surface area contributed by atoms with Crippen molar-refractivity contribution < 1.29 is 32.7 Å². The number of hydrogen-bond donors (Lipinski definition) is 3. The Kier molecular flexibility index (Phi) is 9.27. The van der Waals surface area contributed by atoms with E-state index < -0.39 is 20.5 Å². The fourth-order valence-corrected chi connectivity index (χ4v) is 5.51. The van der Waals surface area contributed by atoms with Gasteiger partial charge in [-0.2, -0.15) is 0 Å². The standard InChI is InChI=1S/C21H32N2O7S/c1-3-5-16(2)19(24)22-12-4-13-30-17-6-8-18(9-7-17)31(27,28)21(20(25)23-26)10-14-29-15-11-21/h6-9,16,26H,3-5,10-15H2,1-2H3,(H,22,24)(H,23,25). The number of benzene rings is 1. The Morgan fingerprint density at radius 2 is 1.87 bits per heavy atom. The molecule has 0 aromatic heterocycles. The van der Waals surface area contributed by atoms with Gasteiger partial charge in [-0.3, -0.25) is 14.8 Å². The predicted octanol–water partition coefficient (Wildman–Crippen LogP) is 1.84. The highest BCUT2D eigenvalue weighted by Gasteiger charge is 2.52. The number of ether oxygens (including phenoxy) is 2. The van der Waals surface area contributed by atoms with Crippen molar-refractivity contribution in [1.29, 1.82) is 0 Å². The molecule has 2 rings (SSSR count). The molecule has 0 bridgehead atoms. The van der Waals surface area contributed by atoms with Gasteiger partial charge in [-0.15, -0.1) is 0 Å². The fraction of sp³-hybridized carbons (Fsp3) is 0.619. The van der Waals surface area contributed by atoms with Crippen LogP contribution in [0.4, 0.5) is 0 Å². The molecule has 0 radical (unpaired) electrons. The molecule has 174 valence electrons. The van der Waals surface area contributed by atoms with E-state index in [1.165, 1.54) is 29.7 Å². The minimum absolute atomic E-state index is 0.00709. The number of sulfone groups is 1. The van der Waals surface area contributed by atoms with Crippen molar-refractivity contribution >= 4 is 21.7 Å². The molecule has 1 atom stereocenters. The number of hydrogen-bond acceptors (Lipinski definition) is 7. The van der Waals surface area contributed by atoms with Crippen LogP contribution in [0.3, 0.4) is 0 Å². The van der Waals surface area contributed by atoms with Crippen LogP contribution in [0.25, 0.3) is 0 Å². The van der Waals surface area contributed by atoms with E-state index in [2.05, 4.69) is 5.32 Å². The van der Waals surface area contributed by atoms with E-state index in [0.717, 1.165) is 12.8 Å². The number of rotatable bonds is 11. The lowest BCUT2D eigenvalue weighted by Crippen LogP contribution is -2.54. The van der Waals surface area contributed by atoms with Crippen LogP contribution < -0.4 is 15.5 Å². The molecule has 1 unspecified atom stereocenters. The monoisotopic (exact) mass is 456 g/mol. The van der Waals surface area contributed by atoms with Gasteiger partial charge >= 0.3 is 0 Å². The number of amides is 2. The second-order valence-electron chi connectivity index (χ2n) is 7.71. The van der Waals surface area contributed by atoms with Crippen molar-refractivity contribution in [3.63, 3.8) is 0 Å². The van der Waals surface area contributed by atoms with Gasteiger partial charge in [0.1, 0.15) is 5.75 Å². The van der Waals surface area contributed by atoms with Crippen molar-refractivity contribution in [2.45, 2.75) is 55.6 Å². The average Bonchev–Trinajstić information content (AvgIpc) is 2.79. The minimum atomic E-state index is -4.06. The summed E-state index contributed by atoms with van der Waals surface area (Å²) in [6.07, 6.45) is 2.35. The molecule has 1 saturated heterocycles. The second kappa shape index (κ2) is 11.4. The molecule has 1 aromatic carbocycles. The first-order valence-corrected chi connectivity index (χ1v) is 12.0. The molecule has 31 heavy (non-hydrogen) atoms. The van der Waals surface area contributed by atoms with E-state index in [1.807, 2.05) is 13.8 Å². The summed E-state index contributed by atoms with van der Waals surface area (Å²) in [5.41, 5.74) is 1.50. The van der Waals surface area contributed by atoms with Gasteiger partial charge in [-0.1, -0.05) is 20.3 Å². The lowest BCUT2D eigenvalue weighted by molar-refractivity contribution is -0.134. The molecule has 3 N–H and O–H groups in total. The van der Waals surface area contributed by atoms with E-state index in [9.17, 15) is 18.0 Å². The zero-order valence-electron chi connectivity index (χ0n) is 18.1. The maximum atomic E-state index is 13.2. The quantitative estimate of drug-likeness (QED) is 0.263. The van der Waals surface area contributed by atoms with Gasteiger partial charge in [-0.05, 0) is 49.9 Å². The van der Waals surface area contributed by atoms with Crippen LogP contribution in [0, 0.1) is 5.92 Å². The molecule has 2 amide bonds. The summed E-state index contributed by atoms with van der Waals surface area (Å²) in [5.74, 6) is -0.443. The Balaban J connectivity index is 1.93. The summed E-state index contributed by atoms with van der Waals surface area (Å²) in [6, 6.07) is 5.83. The summed E-state index contributed by atoms with van der Waals surface area (Å²) in [4.78, 5) is 24.1. The van der Waals surface area contributed by atoms with Gasteiger partial charge in [0.25, 0.3) is 5.91 Å². The average molecular weight is 457 g/mol. The highest BCUT2D eigenvalue weighted by molar-refractivity contribution is 7.93. The van der Waals surface area contributed by atoms with Crippen LogP contribution in [0.2, 0.25) is 0 Å². The van der Waals surface area contributed by atoms with E-state index in [1.54, 1.807) is 0 Å². The molecule has 0 spiro atoms. The van der Waals surface area contributed by atoms with Crippen molar-refractivity contribution in [1.82, 2.24) is 10.8 Å². The Labute approximate surface area is 183 Å². The third-order valence-corrected chi connectivity index (χ3v) is 8.04. The molecule has 1 aromatic rings. The van der Waals surface area contributed by atoms with Gasteiger partial charge < -0.3 is 14.8 Å². The smallest absolute Gasteiger partial charge is 0.265 e. The number of carbonyl (C=O) groups is 2. The van der Waals surface area contributed by atoms with Crippen LogP contribution in [-0.2, 0) is 24.2 Å². The van der Waals surface area contributed by atoms with Crippen LogP contribution >= 0.6 is 0 Å². The van der Waals surface area contributed by atoms with Crippen molar-refractivity contribution in [2.24, 2.45) is 5.92 Å². The Bertz CT molecular complexity index is 834. The Hall–Kier alpha value is -2.17. The molecular weight excluding hydrogens is 424 g/mol. The highest BCUT2D eigenvalue weighted by Crippen LogP contribution is 2.35. The van der Waals surface area contributed by atoms with E-state index in [4.69, 9.17) is 14.7 Å². The number of hydroxylamine groups is 1. The van der Waals surface area contributed by atoms with Crippen molar-refractivity contribution in [3.05, 3.63) is 24.3 Å². The summed E-state index contributed by atoms with van der Waals surface area (Å²) < 4.78 is 35.4. The first kappa shape index (κ1) is 25.1. The molecule has 0 aliphatic carbocycles. The topological polar surface area (TPSA) is 131 Å². The van der Waals surface area contributed by atoms with Gasteiger partial charge in [0.05, 0.1) is 11.5 Å². The molecule has 1 aliphatic heterocycles. The summed E-state index contributed by atoms with van der Waals surface area (Å²) in [7, 11) is -4.06. The van der Waals surface area contributed by atoms with E-state index in [-0.39, 0.29) is 42.8 Å². The lowest BCUT2D eigenvalue weighted by Gasteiger charge is -2.34. The third kappa shape index (κ3) is 5.96. The van der Waals surface area contributed by atoms with Gasteiger partial charge in [0, 0.05) is 25.7 Å². The van der Waals surface area contributed by atoms with Crippen LogP contribution in [-0.4, -0.2) is 56.6 Å². The van der Waals surface area contributed by atoms with Crippen LogP contribution in [0.1, 0.15) is 46.0 Å². The SMILES string of the molecule is CCCC(C)C(=O)NCCCOc1ccc(S(=O)(=O)C2(C(=O)NO)CCOCC2)cc1. The Morgan fingerprint density at radius 1 is 1.23 bits per heavy atom. The second-order valence-corrected chi connectivity index (χ2v) is 9.96. The molecule has 1 aliphatic rings. The zero-order chi connectivity index (χ0) is 22.9. The molecular formula is C21H32N2O7S. The first-order chi connectivity index (χ1) is 14.8. The zero-order valence-corrected chi connectivity index (χ0v) is 18.9. The Morgan fingerprint density at radius 3 is 2.45 bits per heavy atom. The maximum Gasteiger partial charge on any atom is 0.265 e. The van der Waals surface area contributed by atoms with Gasteiger partial charge in [0.2, 0.25) is 5.91 Å². The molecule has 1 fully saturated rings. The van der Waals surface area contributed by atoms with Crippen LogP contribution in [0.15, 0.2) is 29.2 Å². The van der Waals surface area contributed by atoms with E-state index >= 15 is 0 Å². The molecule has 9 nitrogen and oxygen atoms in total. The van der Waals surface area contributed by atoms with Crippen molar-refractivity contribution in [2.75, 3.05) is 26.4 Å². The molecule has 0 saturated carbocycles. The minimum Gasteiger partial charge on any atom is -0.494 e. The third-order valence-electron chi connectivity index (χ3n) is 5.52. The highest BCUT2D eigenvalue weighted by atomic mass is 32.2. The first-order valence-electron chi connectivity index (χ1n) is 10.6. The molecule has 10 heteroatoms. The summed E-state index contributed by atoms with van der Waals surface area (Å²) in [6.45, 7) is 5.03. The maximum absolute atomic E-state index is 13.2. The van der Waals surface area contributed by atoms with Gasteiger partial charge in [0.15, 0.2) is 14.6 Å². The largest absolute Gasteiger partial charge is 0.494 e. The predicted molar refractivity (Wildman–Crippen MR) is 114 cm³/mol. The lowest BCUT2D eigenvalue weighted by atomic mass is 9.98. The fourth-order valence-electron chi connectivity index (χ4n) is 3.57. The van der Waals surface area contributed by atoms with Crippen LogP contribution in [0.5, 0.6) is 5.75 Å². The van der Waals surface area contributed by atoms with E-state index in [0.29, 0.717) is 25.3 Å². The summed E-state index contributed by atoms with van der Waals surface area (Å²) >= 11 is 0. The normalized spacial score (nSPS) is 16.9. The number of carbonyl (C=O) groups excluding carboxylic acids is 2. The van der Waals surface area contributed by atoms with Gasteiger partial charge in [-0.25, -0.2) is 13.9 Å². The molecule has 1 heterocycles. The number of nitrogens with one attached hydrogen (secondary N) is 2. The summed E-state index contributed by atoms with van der Waals surface area (Å²) in [5, 5.41) is 12.0. The van der Waals surface area contributed by atoms with Crippen molar-refractivity contribution in [3.8, 4) is 5.75 Å².